The molecule has 0 saturated carbocycles. The topological polar surface area (TPSA) is 76.9 Å². The van der Waals surface area contributed by atoms with Gasteiger partial charge in [0.2, 0.25) is 6.79 Å². The van der Waals surface area contributed by atoms with E-state index in [2.05, 4.69) is 12.0 Å². The van der Waals surface area contributed by atoms with Gasteiger partial charge >= 0.3 is 0 Å². The van der Waals surface area contributed by atoms with E-state index in [0.717, 1.165) is 25.1 Å². The van der Waals surface area contributed by atoms with E-state index in [1.165, 1.54) is 0 Å². The molecule has 152 valence electrons. The van der Waals surface area contributed by atoms with Gasteiger partial charge in [-0.1, -0.05) is 6.92 Å². The molecule has 29 heavy (non-hydrogen) atoms. The van der Waals surface area contributed by atoms with Gasteiger partial charge in [0.15, 0.2) is 11.5 Å². The largest absolute Gasteiger partial charge is 0.454 e. The zero-order valence-electron chi connectivity index (χ0n) is 16.5. The van der Waals surface area contributed by atoms with Gasteiger partial charge in [-0.2, -0.15) is 5.10 Å². The van der Waals surface area contributed by atoms with E-state index in [0.29, 0.717) is 54.7 Å². The molecule has 3 aliphatic rings. The van der Waals surface area contributed by atoms with Gasteiger partial charge in [0, 0.05) is 38.3 Å². The van der Waals surface area contributed by atoms with Crippen LogP contribution in [-0.4, -0.2) is 64.4 Å². The summed E-state index contributed by atoms with van der Waals surface area (Å²) in [6.07, 6.45) is 3.70. The third-order valence-electron chi connectivity index (χ3n) is 6.03. The summed E-state index contributed by atoms with van der Waals surface area (Å²) >= 11 is 0. The average molecular weight is 396 g/mol. The van der Waals surface area contributed by atoms with Gasteiger partial charge < -0.3 is 19.3 Å². The Labute approximate surface area is 169 Å². The van der Waals surface area contributed by atoms with Crippen molar-refractivity contribution in [1.29, 1.82) is 0 Å². The van der Waals surface area contributed by atoms with Crippen LogP contribution in [0.1, 0.15) is 39.8 Å². The van der Waals surface area contributed by atoms with Crippen molar-refractivity contribution in [2.24, 2.45) is 5.92 Å². The highest BCUT2D eigenvalue weighted by atomic mass is 16.7. The lowest BCUT2D eigenvalue weighted by Gasteiger charge is -2.35. The van der Waals surface area contributed by atoms with E-state index in [-0.39, 0.29) is 18.6 Å². The molecule has 8 heteroatoms. The molecular formula is C21H24N4O4. The molecule has 2 amide bonds. The number of aryl methyl sites for hydroxylation is 1. The fraction of sp³-hybridized carbons (Fsp3) is 0.476. The molecule has 3 aliphatic heterocycles. The number of nitrogens with zero attached hydrogens (tertiary/aromatic N) is 4. The van der Waals surface area contributed by atoms with Crippen molar-refractivity contribution < 1.29 is 19.1 Å². The predicted octanol–water partition coefficient (Wildman–Crippen LogP) is 1.79. The van der Waals surface area contributed by atoms with E-state index >= 15 is 0 Å². The number of aromatic nitrogens is 2. The molecule has 1 saturated heterocycles. The number of fused-ring (bicyclic) bond motifs is 2. The molecular weight excluding hydrogens is 372 g/mol. The molecule has 0 bridgehead atoms. The summed E-state index contributed by atoms with van der Waals surface area (Å²) in [6.45, 7) is 5.35. The first kappa shape index (κ1) is 18.0. The first-order valence-electron chi connectivity index (χ1n) is 10.1. The average Bonchev–Trinajstić information content (AvgIpc) is 3.38. The number of ether oxygens (including phenoxy) is 2. The SMILES string of the molecule is CC1CCn2ncc(C(=O)N3CCN(C(=O)c4ccc5c(c4)OCO5)CC3)c2C1. The van der Waals surface area contributed by atoms with Gasteiger partial charge in [-0.15, -0.1) is 0 Å². The Morgan fingerprint density at radius 3 is 2.52 bits per heavy atom. The second-order valence-corrected chi connectivity index (χ2v) is 7.98. The van der Waals surface area contributed by atoms with Crippen molar-refractivity contribution in [3.8, 4) is 11.5 Å². The van der Waals surface area contributed by atoms with Gasteiger partial charge in [-0.25, -0.2) is 0 Å². The molecule has 8 nitrogen and oxygen atoms in total. The van der Waals surface area contributed by atoms with Crippen molar-refractivity contribution in [2.45, 2.75) is 26.3 Å². The molecule has 5 rings (SSSR count). The Morgan fingerprint density at radius 1 is 1.00 bits per heavy atom. The van der Waals surface area contributed by atoms with Gasteiger partial charge in [-0.05, 0) is 37.0 Å². The van der Waals surface area contributed by atoms with Crippen LogP contribution in [0.15, 0.2) is 24.4 Å². The van der Waals surface area contributed by atoms with Crippen LogP contribution >= 0.6 is 0 Å². The van der Waals surface area contributed by atoms with Crippen molar-refractivity contribution in [2.75, 3.05) is 33.0 Å². The minimum atomic E-state index is -0.0489. The van der Waals surface area contributed by atoms with Gasteiger partial charge in [0.1, 0.15) is 0 Å². The highest BCUT2D eigenvalue weighted by Gasteiger charge is 2.30. The molecule has 1 atom stereocenters. The Hall–Kier alpha value is -3.03. The molecule has 0 radical (unpaired) electrons. The molecule has 2 aromatic rings. The van der Waals surface area contributed by atoms with Crippen LogP contribution in [0.2, 0.25) is 0 Å². The normalized spacial score (nSPS) is 20.5. The zero-order chi connectivity index (χ0) is 20.0. The summed E-state index contributed by atoms with van der Waals surface area (Å²) in [5, 5.41) is 4.40. The molecule has 0 spiro atoms. The Bertz CT molecular complexity index is 962. The molecule has 4 heterocycles. The standard InChI is InChI=1S/C21H24N4O4/c1-14-4-5-25-17(10-14)16(12-22-25)21(27)24-8-6-23(7-9-24)20(26)15-2-3-18-19(11-15)29-13-28-18/h2-3,11-12,14H,4-10,13H2,1H3. The smallest absolute Gasteiger partial charge is 0.257 e. The third kappa shape index (κ3) is 3.22. The van der Waals surface area contributed by atoms with Crippen molar-refractivity contribution >= 4 is 11.8 Å². The summed E-state index contributed by atoms with van der Waals surface area (Å²) in [6, 6.07) is 5.25. The number of benzene rings is 1. The fourth-order valence-corrected chi connectivity index (χ4v) is 4.27. The first-order chi connectivity index (χ1) is 14.1. The van der Waals surface area contributed by atoms with Gasteiger partial charge in [-0.3, -0.25) is 14.3 Å². The maximum Gasteiger partial charge on any atom is 0.257 e. The monoisotopic (exact) mass is 396 g/mol. The van der Waals surface area contributed by atoms with Crippen LogP contribution in [0, 0.1) is 5.92 Å². The fourth-order valence-electron chi connectivity index (χ4n) is 4.27. The maximum atomic E-state index is 13.1. The van der Waals surface area contributed by atoms with Gasteiger partial charge in [0.05, 0.1) is 17.5 Å². The summed E-state index contributed by atoms with van der Waals surface area (Å²) in [4.78, 5) is 29.5. The van der Waals surface area contributed by atoms with Crippen LogP contribution in [-0.2, 0) is 13.0 Å². The minimum absolute atomic E-state index is 0.0236. The summed E-state index contributed by atoms with van der Waals surface area (Å²) in [5.74, 6) is 1.81. The number of hydrogen-bond donors (Lipinski definition) is 0. The lowest BCUT2D eigenvalue weighted by molar-refractivity contribution is 0.0534. The van der Waals surface area contributed by atoms with Crippen LogP contribution in [0.5, 0.6) is 11.5 Å². The van der Waals surface area contributed by atoms with Gasteiger partial charge in [0.25, 0.3) is 11.8 Å². The van der Waals surface area contributed by atoms with Crippen molar-refractivity contribution in [3.05, 3.63) is 41.2 Å². The molecule has 1 fully saturated rings. The number of carbonyl (C=O) groups excluding carboxylic acids is 2. The number of amides is 2. The highest BCUT2D eigenvalue weighted by molar-refractivity contribution is 5.97. The second-order valence-electron chi connectivity index (χ2n) is 7.98. The van der Waals surface area contributed by atoms with Crippen LogP contribution < -0.4 is 9.47 Å². The maximum absolute atomic E-state index is 13.1. The van der Waals surface area contributed by atoms with Crippen LogP contribution in [0.25, 0.3) is 0 Å². The third-order valence-corrected chi connectivity index (χ3v) is 6.03. The number of rotatable bonds is 2. The Balaban J connectivity index is 1.24. The lowest BCUT2D eigenvalue weighted by Crippen LogP contribution is -2.50. The summed E-state index contributed by atoms with van der Waals surface area (Å²) in [5.41, 5.74) is 2.34. The molecule has 0 N–H and O–H groups in total. The van der Waals surface area contributed by atoms with Crippen LogP contribution in [0.4, 0.5) is 0 Å². The number of hydrogen-bond acceptors (Lipinski definition) is 5. The molecule has 0 aliphatic carbocycles. The van der Waals surface area contributed by atoms with E-state index in [9.17, 15) is 9.59 Å². The van der Waals surface area contributed by atoms with E-state index < -0.39 is 0 Å². The molecule has 1 unspecified atom stereocenters. The number of carbonyl (C=O) groups is 2. The number of piperazine rings is 1. The first-order valence-corrected chi connectivity index (χ1v) is 10.1. The zero-order valence-corrected chi connectivity index (χ0v) is 16.5. The van der Waals surface area contributed by atoms with Crippen LogP contribution in [0.3, 0.4) is 0 Å². The Kier molecular flexibility index (Phi) is 4.41. The van der Waals surface area contributed by atoms with E-state index in [4.69, 9.17) is 9.47 Å². The minimum Gasteiger partial charge on any atom is -0.454 e. The molecule has 1 aromatic heterocycles. The summed E-state index contributed by atoms with van der Waals surface area (Å²) < 4.78 is 12.6. The lowest BCUT2D eigenvalue weighted by atomic mass is 9.96. The Morgan fingerprint density at radius 2 is 1.72 bits per heavy atom. The highest BCUT2D eigenvalue weighted by Crippen LogP contribution is 2.33. The quantitative estimate of drug-likeness (QED) is 0.774. The van der Waals surface area contributed by atoms with Crippen molar-refractivity contribution in [1.82, 2.24) is 19.6 Å². The van der Waals surface area contributed by atoms with E-state index in [1.807, 2.05) is 9.58 Å². The predicted molar refractivity (Wildman–Crippen MR) is 104 cm³/mol. The van der Waals surface area contributed by atoms with E-state index in [1.54, 1.807) is 29.3 Å². The second kappa shape index (κ2) is 7.09. The molecule has 1 aromatic carbocycles. The van der Waals surface area contributed by atoms with Crippen molar-refractivity contribution in [3.63, 3.8) is 0 Å². The summed E-state index contributed by atoms with van der Waals surface area (Å²) in [7, 11) is 0.